The molecule has 0 amide bonds. The van der Waals surface area contributed by atoms with Gasteiger partial charge < -0.3 is 10.5 Å². The molecule has 0 radical (unpaired) electrons. The molecule has 1 saturated carbocycles. The van der Waals surface area contributed by atoms with Gasteiger partial charge in [-0.05, 0) is 32.2 Å². The summed E-state index contributed by atoms with van der Waals surface area (Å²) in [5.74, 6) is 0. The Morgan fingerprint density at radius 2 is 1.92 bits per heavy atom. The summed E-state index contributed by atoms with van der Waals surface area (Å²) in [6, 6.07) is 0. The minimum atomic E-state index is 0. The third kappa shape index (κ3) is 10.2. The van der Waals surface area contributed by atoms with Crippen LogP contribution in [0, 0.1) is 0 Å². The highest BCUT2D eigenvalue weighted by Crippen LogP contribution is 2.21. The molecule has 0 aromatic heterocycles. The molecule has 0 bridgehead atoms. The molecule has 0 unspecified atom stereocenters. The van der Waals surface area contributed by atoms with E-state index >= 15 is 0 Å². The number of hydrogen-bond acceptors (Lipinski definition) is 2. The van der Waals surface area contributed by atoms with Gasteiger partial charge in [-0.25, -0.2) is 0 Å². The van der Waals surface area contributed by atoms with Crippen molar-refractivity contribution in [3.63, 3.8) is 0 Å². The van der Waals surface area contributed by atoms with Crippen molar-refractivity contribution in [1.82, 2.24) is 0 Å². The number of nitrogens with two attached hydrogens (primary N) is 1. The maximum absolute atomic E-state index is 5.52. The highest BCUT2D eigenvalue weighted by atomic mass is 32.1. The van der Waals surface area contributed by atoms with Crippen LogP contribution in [-0.2, 0) is 4.74 Å². The van der Waals surface area contributed by atoms with Crippen LogP contribution in [0.4, 0.5) is 0 Å². The number of unbranched alkanes of at least 4 members (excludes halogenated alkanes) is 1. The molecule has 1 rings (SSSR count). The van der Waals surface area contributed by atoms with E-state index in [0.29, 0.717) is 6.10 Å². The van der Waals surface area contributed by atoms with Gasteiger partial charge in [0.25, 0.3) is 0 Å². The molecule has 2 nitrogen and oxygen atoms in total. The lowest BCUT2D eigenvalue weighted by Gasteiger charge is -2.25. The van der Waals surface area contributed by atoms with Crippen LogP contribution >= 0.6 is 13.5 Å². The van der Waals surface area contributed by atoms with Gasteiger partial charge in [0.05, 0.1) is 6.10 Å². The molecule has 1 fully saturated rings. The molecule has 0 atom stereocenters. The monoisotopic (exact) mass is 209 g/mol. The van der Waals surface area contributed by atoms with Crippen molar-refractivity contribution in [3.8, 4) is 0 Å². The van der Waals surface area contributed by atoms with Crippen LogP contribution in [0.5, 0.6) is 0 Å². The lowest BCUT2D eigenvalue weighted by Crippen LogP contribution is -2.21. The maximum Gasteiger partial charge on any atom is 0.0575 e. The molecule has 2 N–H and O–H groups in total. The van der Waals surface area contributed by atoms with Crippen molar-refractivity contribution in [3.05, 3.63) is 0 Å². The zero-order valence-electron chi connectivity index (χ0n) is 9.01. The Morgan fingerprint density at radius 1 is 1.38 bits per heavy atom. The highest BCUT2D eigenvalue weighted by Gasteiger charge is 2.16. The average molecular weight is 209 g/mol. The van der Waals surface area contributed by atoms with Crippen LogP contribution in [0.25, 0.3) is 0 Å². The Balaban J connectivity index is -0.000000218. The van der Waals surface area contributed by atoms with E-state index in [1.54, 1.807) is 0 Å². The van der Waals surface area contributed by atoms with E-state index in [0.717, 1.165) is 13.2 Å². The molecule has 1 aliphatic carbocycles. The predicted molar refractivity (Wildman–Crippen MR) is 65.7 cm³/mol. The maximum atomic E-state index is 5.52. The molecule has 0 spiro atoms. The van der Waals surface area contributed by atoms with E-state index in [1.807, 2.05) is 6.92 Å². The van der Waals surface area contributed by atoms with Gasteiger partial charge in [-0.2, -0.15) is 13.5 Å². The second-order valence-corrected chi connectivity index (χ2v) is 3.19. The van der Waals surface area contributed by atoms with Crippen LogP contribution < -0.4 is 5.73 Å². The first-order valence-corrected chi connectivity index (χ1v) is 5.16. The molecule has 0 heterocycles. The summed E-state index contributed by atoms with van der Waals surface area (Å²) in [5.41, 5.74) is 4.85. The molecule has 84 valence electrons. The predicted octanol–water partition coefficient (Wildman–Crippen LogP) is 2.68. The van der Waals surface area contributed by atoms with Gasteiger partial charge in [-0.1, -0.05) is 20.3 Å². The summed E-state index contributed by atoms with van der Waals surface area (Å²) in [4.78, 5) is 0. The number of rotatable bonds is 4. The fourth-order valence-corrected chi connectivity index (χ4v) is 0.932. The SMILES string of the molecule is CCCCOC1CCC1.CCN.S.[HH]. The second kappa shape index (κ2) is 12.3. The van der Waals surface area contributed by atoms with Crippen molar-refractivity contribution in [1.29, 1.82) is 0 Å². The van der Waals surface area contributed by atoms with Crippen LogP contribution in [0.15, 0.2) is 0 Å². The molecular formula is C10H27NOS. The minimum Gasteiger partial charge on any atom is -0.378 e. The Kier molecular flexibility index (Phi) is 14.8. The largest absolute Gasteiger partial charge is 0.378 e. The minimum absolute atomic E-state index is 0. The van der Waals surface area contributed by atoms with Crippen molar-refractivity contribution in [2.24, 2.45) is 5.73 Å². The number of ether oxygens (including phenoxy) is 1. The summed E-state index contributed by atoms with van der Waals surface area (Å²) in [7, 11) is 0. The number of hydrogen-bond donors (Lipinski definition) is 1. The molecule has 0 aromatic rings. The van der Waals surface area contributed by atoms with Gasteiger partial charge in [-0.3, -0.25) is 0 Å². The van der Waals surface area contributed by atoms with E-state index in [1.165, 1.54) is 32.1 Å². The van der Waals surface area contributed by atoms with Crippen LogP contribution in [0.2, 0.25) is 0 Å². The fraction of sp³-hybridized carbons (Fsp3) is 1.00. The Labute approximate surface area is 91.2 Å². The third-order valence-electron chi connectivity index (χ3n) is 1.90. The summed E-state index contributed by atoms with van der Waals surface area (Å²) >= 11 is 0. The van der Waals surface area contributed by atoms with Gasteiger partial charge in [0, 0.05) is 8.03 Å². The summed E-state index contributed by atoms with van der Waals surface area (Å²) < 4.78 is 5.52. The lowest BCUT2D eigenvalue weighted by atomic mass is 9.96. The molecule has 0 aliphatic heterocycles. The summed E-state index contributed by atoms with van der Waals surface area (Å²) in [5, 5.41) is 0. The second-order valence-electron chi connectivity index (χ2n) is 3.19. The van der Waals surface area contributed by atoms with Crippen molar-refractivity contribution >= 4 is 13.5 Å². The Bertz CT molecular complexity index is 92.2. The van der Waals surface area contributed by atoms with Gasteiger partial charge in [-0.15, -0.1) is 0 Å². The van der Waals surface area contributed by atoms with Crippen molar-refractivity contribution in [2.75, 3.05) is 13.2 Å². The van der Waals surface area contributed by atoms with Crippen molar-refractivity contribution < 1.29 is 6.16 Å². The highest BCUT2D eigenvalue weighted by molar-refractivity contribution is 7.59. The lowest BCUT2D eigenvalue weighted by molar-refractivity contribution is 0.00117. The standard InChI is InChI=1S/C8H16O.C2H7N.H2S.H2/c1-2-3-7-9-8-5-4-6-8;1-2-3;;/h8H,2-7H2,1H3;2-3H2,1H3;1H2;1H. The van der Waals surface area contributed by atoms with Crippen molar-refractivity contribution in [2.45, 2.75) is 52.1 Å². The zero-order valence-corrected chi connectivity index (χ0v) is 10.0. The molecule has 0 saturated heterocycles. The molecule has 0 aromatic carbocycles. The molecule has 13 heavy (non-hydrogen) atoms. The molecular weight excluding hydrogens is 182 g/mol. The van der Waals surface area contributed by atoms with Gasteiger partial charge in [0.1, 0.15) is 0 Å². The van der Waals surface area contributed by atoms with E-state index in [4.69, 9.17) is 10.5 Å². The zero-order chi connectivity index (χ0) is 9.23. The van der Waals surface area contributed by atoms with E-state index in [-0.39, 0.29) is 14.9 Å². The topological polar surface area (TPSA) is 35.2 Å². The average Bonchev–Trinajstić information content (AvgIpc) is 1.96. The van der Waals surface area contributed by atoms with E-state index in [9.17, 15) is 0 Å². The first-order chi connectivity index (χ1) is 5.85. The fourth-order valence-electron chi connectivity index (χ4n) is 0.932. The molecule has 1 aliphatic rings. The quantitative estimate of drug-likeness (QED) is 0.723. The Hall–Kier alpha value is 0.270. The van der Waals surface area contributed by atoms with Crippen LogP contribution in [0.1, 0.15) is 47.4 Å². The van der Waals surface area contributed by atoms with Crippen LogP contribution in [0.3, 0.4) is 0 Å². The summed E-state index contributed by atoms with van der Waals surface area (Å²) in [6.07, 6.45) is 7.13. The van der Waals surface area contributed by atoms with E-state index in [2.05, 4.69) is 6.92 Å². The van der Waals surface area contributed by atoms with Gasteiger partial charge in [0.15, 0.2) is 0 Å². The van der Waals surface area contributed by atoms with Crippen LogP contribution in [-0.4, -0.2) is 19.3 Å². The smallest absolute Gasteiger partial charge is 0.0575 e. The normalized spacial score (nSPS) is 15.0. The van der Waals surface area contributed by atoms with Gasteiger partial charge in [0.2, 0.25) is 0 Å². The molecule has 3 heteroatoms. The third-order valence-corrected chi connectivity index (χ3v) is 1.90. The first kappa shape index (κ1) is 15.7. The van der Waals surface area contributed by atoms with Gasteiger partial charge >= 0.3 is 0 Å². The summed E-state index contributed by atoms with van der Waals surface area (Å²) in [6.45, 7) is 5.84. The van der Waals surface area contributed by atoms with E-state index < -0.39 is 0 Å². The first-order valence-electron chi connectivity index (χ1n) is 5.16. The Morgan fingerprint density at radius 3 is 2.23 bits per heavy atom.